The predicted molar refractivity (Wildman–Crippen MR) is 214 cm³/mol. The lowest BCUT2D eigenvalue weighted by atomic mass is 10.0. The van der Waals surface area contributed by atoms with Gasteiger partial charge in [0.05, 0.1) is 11.0 Å². The first-order valence-corrected chi connectivity index (χ1v) is 19.2. The molecule has 1 aliphatic heterocycles. The van der Waals surface area contributed by atoms with E-state index in [0.29, 0.717) is 0 Å². The fraction of sp³-hybridized carbons (Fsp3) is 0. The van der Waals surface area contributed by atoms with Gasteiger partial charge in [-0.1, -0.05) is 103 Å². The maximum atomic E-state index is 6.93. The van der Waals surface area contributed by atoms with Crippen molar-refractivity contribution in [2.45, 2.75) is 19.6 Å². The molecule has 0 radical (unpaired) electrons. The predicted octanol–water partition coefficient (Wildman–Crippen LogP) is 13.8. The molecule has 1 aliphatic rings. The molecule has 0 spiro atoms. The number of aromatic nitrogens is 1. The molecule has 0 N–H and O–H groups in total. The van der Waals surface area contributed by atoms with Crippen molar-refractivity contribution in [3.8, 4) is 28.3 Å². The fourth-order valence-electron chi connectivity index (χ4n) is 8.21. The van der Waals surface area contributed by atoms with Gasteiger partial charge in [-0.2, -0.15) is 0 Å². The fourth-order valence-corrected chi connectivity index (χ4v) is 12.3. The first-order valence-electron chi connectivity index (χ1n) is 17.6. The van der Waals surface area contributed by atoms with Crippen LogP contribution in [0.4, 0.5) is 0 Å². The summed E-state index contributed by atoms with van der Waals surface area (Å²) in [5, 5.41) is 4.73. The Morgan fingerprint density at radius 2 is 0.904 bits per heavy atom. The van der Waals surface area contributed by atoms with Crippen LogP contribution in [0.15, 0.2) is 212 Å². The zero-order valence-electron chi connectivity index (χ0n) is 28.1. The number of nitrogens with zero attached hydrogens (tertiary/aromatic N) is 1. The normalized spacial score (nSPS) is 13.9. The van der Waals surface area contributed by atoms with Crippen molar-refractivity contribution >= 4 is 53.8 Å². The highest BCUT2D eigenvalue weighted by Gasteiger charge is 2.41. The minimum absolute atomic E-state index is 0.887. The van der Waals surface area contributed by atoms with Gasteiger partial charge in [0, 0.05) is 46.8 Å². The lowest BCUT2D eigenvalue weighted by Crippen LogP contribution is -2.12. The molecule has 3 heterocycles. The largest absolute Gasteiger partial charge is 0.456 e. The van der Waals surface area contributed by atoms with Crippen molar-refractivity contribution in [1.82, 2.24) is 4.57 Å². The number of ether oxygens (including phenoxy) is 1. The molecule has 0 amide bonds. The summed E-state index contributed by atoms with van der Waals surface area (Å²) in [5.74, 6) is 1.78. The van der Waals surface area contributed by atoms with Gasteiger partial charge in [-0.3, -0.25) is 0 Å². The van der Waals surface area contributed by atoms with Crippen molar-refractivity contribution in [2.24, 2.45) is 0 Å². The third-order valence-electron chi connectivity index (χ3n) is 10.5. The first-order chi connectivity index (χ1) is 25.8. The van der Waals surface area contributed by atoms with Crippen molar-refractivity contribution in [3.05, 3.63) is 188 Å². The van der Waals surface area contributed by atoms with Crippen LogP contribution in [0.5, 0.6) is 11.5 Å². The molecule has 0 atom stereocenters. The van der Waals surface area contributed by atoms with E-state index >= 15 is 0 Å². The summed E-state index contributed by atoms with van der Waals surface area (Å²) in [7, 11) is -2.05. The van der Waals surface area contributed by atoms with E-state index in [-0.39, 0.29) is 0 Å². The molecular weight excluding hydrogens is 655 g/mol. The monoisotopic (exact) mass is 685 g/mol. The van der Waals surface area contributed by atoms with Gasteiger partial charge in [-0.25, -0.2) is 0 Å². The minimum atomic E-state index is -2.05. The third kappa shape index (κ3) is 4.16. The van der Waals surface area contributed by atoms with Crippen LogP contribution in [0.1, 0.15) is 0 Å². The number of benzene rings is 8. The van der Waals surface area contributed by atoms with E-state index in [2.05, 4.69) is 180 Å². The Morgan fingerprint density at radius 3 is 1.60 bits per heavy atom. The average molecular weight is 686 g/mol. The maximum Gasteiger partial charge on any atom is 0.140 e. The van der Waals surface area contributed by atoms with Crippen molar-refractivity contribution < 1.29 is 9.15 Å². The number of hydrogen-bond acceptors (Lipinski definition) is 2. The third-order valence-corrected chi connectivity index (χ3v) is 14.4. The average Bonchev–Trinajstić information content (AvgIpc) is 3.76. The van der Waals surface area contributed by atoms with Crippen LogP contribution in [0, 0.1) is 0 Å². The summed E-state index contributed by atoms with van der Waals surface area (Å²) in [6, 6.07) is 67.8. The molecule has 0 bridgehead atoms. The highest BCUT2D eigenvalue weighted by atomic mass is 32.3. The zero-order valence-corrected chi connectivity index (χ0v) is 28.9. The second kappa shape index (κ2) is 11.3. The Labute approximate surface area is 302 Å². The number of para-hydroxylation sites is 3. The molecule has 3 nitrogen and oxygen atoms in total. The standard InChI is InChI=1S/C48H31NO2S/c1-3-13-35(14-4-1)52(36-15-5-2-6-16-36)47-30-33(32-23-26-44-40(29-32)39-19-9-12-22-43(39)50-44)24-27-45(47)51-46-28-25-34(31-48(46)52)49-41-20-10-7-17-37(41)38-18-8-11-21-42(38)49/h1-31H. The van der Waals surface area contributed by atoms with E-state index in [9.17, 15) is 0 Å². The number of furan rings is 1. The lowest BCUT2D eigenvalue weighted by molar-refractivity contribution is 0.452. The molecule has 52 heavy (non-hydrogen) atoms. The van der Waals surface area contributed by atoms with E-state index in [1.165, 1.54) is 41.4 Å². The molecule has 2 aromatic heterocycles. The molecule has 0 saturated carbocycles. The molecule has 0 unspecified atom stereocenters. The molecule has 0 fully saturated rings. The van der Waals surface area contributed by atoms with Crippen molar-refractivity contribution in [3.63, 3.8) is 0 Å². The summed E-state index contributed by atoms with van der Waals surface area (Å²) >= 11 is 0. The highest BCUT2D eigenvalue weighted by molar-refractivity contribution is 8.34. The minimum Gasteiger partial charge on any atom is -0.456 e. The van der Waals surface area contributed by atoms with Crippen LogP contribution in [0.3, 0.4) is 0 Å². The van der Waals surface area contributed by atoms with Crippen LogP contribution >= 0.6 is 10.0 Å². The molecule has 8 aromatic carbocycles. The topological polar surface area (TPSA) is 27.3 Å². The molecule has 4 heteroatoms. The van der Waals surface area contributed by atoms with E-state index in [1.807, 2.05) is 12.1 Å². The maximum absolute atomic E-state index is 6.93. The van der Waals surface area contributed by atoms with Gasteiger partial charge in [0.2, 0.25) is 0 Å². The Morgan fingerprint density at radius 1 is 0.385 bits per heavy atom. The van der Waals surface area contributed by atoms with Crippen LogP contribution in [0.25, 0.3) is 60.6 Å². The van der Waals surface area contributed by atoms with E-state index in [0.717, 1.165) is 50.3 Å². The Kier molecular flexibility index (Phi) is 6.34. The second-order valence-electron chi connectivity index (χ2n) is 13.3. The van der Waals surface area contributed by atoms with Gasteiger partial charge >= 0.3 is 0 Å². The van der Waals surface area contributed by atoms with Crippen LogP contribution < -0.4 is 4.74 Å². The highest BCUT2D eigenvalue weighted by Crippen LogP contribution is 2.79. The smallest absolute Gasteiger partial charge is 0.140 e. The van der Waals surface area contributed by atoms with Gasteiger partial charge in [-0.15, -0.1) is 10.0 Å². The number of fused-ring (bicyclic) bond motifs is 8. The number of hydrogen-bond donors (Lipinski definition) is 0. The molecule has 11 rings (SSSR count). The summed E-state index contributed by atoms with van der Waals surface area (Å²) in [6.07, 6.45) is 0. The Bertz CT molecular complexity index is 2900. The lowest BCUT2D eigenvalue weighted by Gasteiger charge is -2.46. The van der Waals surface area contributed by atoms with E-state index in [1.54, 1.807) is 0 Å². The van der Waals surface area contributed by atoms with Gasteiger partial charge in [0.25, 0.3) is 0 Å². The van der Waals surface area contributed by atoms with Gasteiger partial charge in [-0.05, 0) is 96.1 Å². The van der Waals surface area contributed by atoms with E-state index < -0.39 is 10.0 Å². The Hall–Kier alpha value is -6.49. The zero-order chi connectivity index (χ0) is 34.2. The van der Waals surface area contributed by atoms with E-state index in [4.69, 9.17) is 9.15 Å². The van der Waals surface area contributed by atoms with Gasteiger partial charge in [0.15, 0.2) is 0 Å². The first kappa shape index (κ1) is 29.3. The van der Waals surface area contributed by atoms with Crippen molar-refractivity contribution in [2.75, 3.05) is 0 Å². The van der Waals surface area contributed by atoms with Crippen LogP contribution in [-0.4, -0.2) is 4.57 Å². The van der Waals surface area contributed by atoms with Crippen LogP contribution in [0.2, 0.25) is 0 Å². The molecular formula is C48H31NO2S. The molecule has 10 aromatic rings. The number of rotatable bonds is 4. The van der Waals surface area contributed by atoms with Gasteiger partial charge in [0.1, 0.15) is 22.7 Å². The van der Waals surface area contributed by atoms with Gasteiger partial charge < -0.3 is 13.7 Å². The summed E-state index contributed by atoms with van der Waals surface area (Å²) in [6.45, 7) is 0. The Balaban J connectivity index is 1.21. The van der Waals surface area contributed by atoms with Crippen LogP contribution in [-0.2, 0) is 0 Å². The molecule has 0 saturated heterocycles. The quantitative estimate of drug-likeness (QED) is 0.184. The summed E-state index contributed by atoms with van der Waals surface area (Å²) < 4.78 is 15.5. The second-order valence-corrected chi connectivity index (χ2v) is 16.4. The molecule has 246 valence electrons. The SMILES string of the molecule is c1ccc(S2(c3ccccc3)c3cc(-c4ccc5oc6ccccc6c5c4)ccc3Oc3ccc(-n4c5ccccc5c5ccccc54)cc32)cc1. The molecule has 0 aliphatic carbocycles. The van der Waals surface area contributed by atoms with Crippen molar-refractivity contribution in [1.29, 1.82) is 0 Å². The summed E-state index contributed by atoms with van der Waals surface area (Å²) in [5.41, 5.74) is 7.56. The summed E-state index contributed by atoms with van der Waals surface area (Å²) in [4.78, 5) is 4.90.